The molecule has 2 saturated heterocycles. The Labute approximate surface area is 131 Å². The van der Waals surface area contributed by atoms with Gasteiger partial charge in [-0.15, -0.1) is 0 Å². The van der Waals surface area contributed by atoms with Crippen molar-refractivity contribution < 1.29 is 13.2 Å². The number of nitrogens with zero attached hydrogens (tertiary/aromatic N) is 1. The minimum atomic E-state index is -3.22. The first kappa shape index (κ1) is 15.5. The second-order valence-corrected chi connectivity index (χ2v) is 8.28. The SMILES string of the molecule is CS(=O)(=O)c1ccc(C(=O)N[C@@H]2CCN3CCCC[C@@H]23)cc1. The minimum absolute atomic E-state index is 0.113. The molecule has 22 heavy (non-hydrogen) atoms. The Balaban J connectivity index is 1.67. The van der Waals surface area contributed by atoms with Gasteiger partial charge in [-0.25, -0.2) is 8.42 Å². The van der Waals surface area contributed by atoms with E-state index in [1.165, 1.54) is 25.0 Å². The first-order valence-electron chi connectivity index (χ1n) is 7.80. The van der Waals surface area contributed by atoms with Gasteiger partial charge >= 0.3 is 0 Å². The van der Waals surface area contributed by atoms with Crippen molar-refractivity contribution >= 4 is 15.7 Å². The van der Waals surface area contributed by atoms with Crippen LogP contribution in [0.3, 0.4) is 0 Å². The van der Waals surface area contributed by atoms with Crippen molar-refractivity contribution in [3.8, 4) is 0 Å². The summed E-state index contributed by atoms with van der Waals surface area (Å²) < 4.78 is 22.9. The smallest absolute Gasteiger partial charge is 0.251 e. The van der Waals surface area contributed by atoms with Gasteiger partial charge in [0.2, 0.25) is 0 Å². The van der Waals surface area contributed by atoms with E-state index in [0.29, 0.717) is 11.6 Å². The normalized spacial score (nSPS) is 25.7. The van der Waals surface area contributed by atoms with Crippen molar-refractivity contribution in [1.29, 1.82) is 0 Å². The fourth-order valence-corrected chi connectivity index (χ4v) is 4.15. The van der Waals surface area contributed by atoms with Crippen molar-refractivity contribution in [2.24, 2.45) is 0 Å². The largest absolute Gasteiger partial charge is 0.348 e. The van der Waals surface area contributed by atoms with Crippen LogP contribution in [0.4, 0.5) is 0 Å². The third-order valence-corrected chi connectivity index (χ3v) is 5.85. The molecule has 6 heteroatoms. The van der Waals surface area contributed by atoms with Crippen LogP contribution in [-0.4, -0.2) is 50.7 Å². The summed E-state index contributed by atoms with van der Waals surface area (Å²) in [6.07, 6.45) is 5.80. The first-order chi connectivity index (χ1) is 10.4. The van der Waals surface area contributed by atoms with Gasteiger partial charge < -0.3 is 5.32 Å². The third-order valence-electron chi connectivity index (χ3n) is 4.72. The van der Waals surface area contributed by atoms with Crippen molar-refractivity contribution in [1.82, 2.24) is 10.2 Å². The molecule has 2 atom stereocenters. The molecule has 2 heterocycles. The fraction of sp³-hybridized carbons (Fsp3) is 0.562. The number of fused-ring (bicyclic) bond motifs is 1. The zero-order valence-corrected chi connectivity index (χ0v) is 13.6. The Bertz CT molecular complexity index is 654. The Morgan fingerprint density at radius 1 is 1.14 bits per heavy atom. The summed E-state index contributed by atoms with van der Waals surface area (Å²) >= 11 is 0. The van der Waals surface area contributed by atoms with Gasteiger partial charge in [0.25, 0.3) is 5.91 Å². The van der Waals surface area contributed by atoms with Gasteiger partial charge in [0.05, 0.1) is 4.90 Å². The maximum Gasteiger partial charge on any atom is 0.251 e. The van der Waals surface area contributed by atoms with Gasteiger partial charge in [-0.3, -0.25) is 9.69 Å². The molecule has 0 radical (unpaired) electrons. The lowest BCUT2D eigenvalue weighted by molar-refractivity contribution is 0.0915. The standard InChI is InChI=1S/C16H22N2O3S/c1-22(20,21)13-7-5-12(6-8-13)16(19)17-14-9-11-18-10-3-2-4-15(14)18/h5-8,14-15H,2-4,9-11H2,1H3,(H,17,19)/t14-,15+/m1/s1. The molecule has 1 amide bonds. The molecule has 1 aromatic rings. The van der Waals surface area contributed by atoms with Crippen LogP contribution in [-0.2, 0) is 9.84 Å². The molecule has 0 aliphatic carbocycles. The lowest BCUT2D eigenvalue weighted by atomic mass is 9.99. The maximum atomic E-state index is 12.4. The second kappa shape index (κ2) is 6.01. The van der Waals surface area contributed by atoms with E-state index in [0.717, 1.165) is 32.2 Å². The predicted molar refractivity (Wildman–Crippen MR) is 84.6 cm³/mol. The highest BCUT2D eigenvalue weighted by molar-refractivity contribution is 7.90. The molecule has 5 nitrogen and oxygen atoms in total. The van der Waals surface area contributed by atoms with Gasteiger partial charge in [0.1, 0.15) is 0 Å². The lowest BCUT2D eigenvalue weighted by Crippen LogP contribution is -2.46. The molecule has 1 N–H and O–H groups in total. The van der Waals surface area contributed by atoms with Crippen molar-refractivity contribution in [2.45, 2.75) is 42.7 Å². The van der Waals surface area contributed by atoms with Crippen LogP contribution in [0.2, 0.25) is 0 Å². The van der Waals surface area contributed by atoms with Gasteiger partial charge in [-0.05, 0) is 50.1 Å². The molecule has 0 spiro atoms. The van der Waals surface area contributed by atoms with Crippen molar-refractivity contribution in [3.05, 3.63) is 29.8 Å². The number of amides is 1. The Hall–Kier alpha value is -1.40. The van der Waals surface area contributed by atoms with Gasteiger partial charge in [0.15, 0.2) is 9.84 Å². The first-order valence-corrected chi connectivity index (χ1v) is 9.69. The molecule has 2 aliphatic rings. The highest BCUT2D eigenvalue weighted by Crippen LogP contribution is 2.27. The Morgan fingerprint density at radius 2 is 1.86 bits per heavy atom. The maximum absolute atomic E-state index is 12.4. The number of carbonyl (C=O) groups excluding carboxylic acids is 1. The average molecular weight is 322 g/mol. The molecule has 2 aliphatic heterocycles. The van der Waals surface area contributed by atoms with Crippen LogP contribution in [0.5, 0.6) is 0 Å². The third kappa shape index (κ3) is 3.17. The van der Waals surface area contributed by atoms with Crippen LogP contribution in [0, 0.1) is 0 Å². The molecule has 120 valence electrons. The number of piperidine rings is 1. The summed E-state index contributed by atoms with van der Waals surface area (Å²) in [7, 11) is -3.22. The molecule has 0 aromatic heterocycles. The number of rotatable bonds is 3. The molecule has 1 aromatic carbocycles. The summed E-state index contributed by atoms with van der Waals surface area (Å²) in [4.78, 5) is 15.1. The minimum Gasteiger partial charge on any atom is -0.348 e. The summed E-state index contributed by atoms with van der Waals surface area (Å²) in [6, 6.07) is 6.83. The number of hydrogen-bond donors (Lipinski definition) is 1. The number of sulfone groups is 1. The van der Waals surface area contributed by atoms with Gasteiger partial charge in [-0.1, -0.05) is 6.42 Å². The number of benzene rings is 1. The van der Waals surface area contributed by atoms with Crippen LogP contribution < -0.4 is 5.32 Å². The topological polar surface area (TPSA) is 66.5 Å². The number of nitrogens with one attached hydrogen (secondary N) is 1. The molecule has 0 saturated carbocycles. The molecular formula is C16H22N2O3S. The zero-order valence-electron chi connectivity index (χ0n) is 12.8. The summed E-state index contributed by atoms with van der Waals surface area (Å²) in [5.74, 6) is -0.113. The van der Waals surface area contributed by atoms with E-state index < -0.39 is 9.84 Å². The van der Waals surface area contributed by atoms with E-state index in [1.54, 1.807) is 12.1 Å². The molecule has 0 unspecified atom stereocenters. The highest BCUT2D eigenvalue weighted by atomic mass is 32.2. The summed E-state index contributed by atoms with van der Waals surface area (Å²) in [6.45, 7) is 2.20. The monoisotopic (exact) mass is 322 g/mol. The van der Waals surface area contributed by atoms with Gasteiger partial charge in [0, 0.05) is 30.4 Å². The fourth-order valence-electron chi connectivity index (χ4n) is 3.52. The van der Waals surface area contributed by atoms with E-state index in [4.69, 9.17) is 0 Å². The quantitative estimate of drug-likeness (QED) is 0.914. The Morgan fingerprint density at radius 3 is 2.55 bits per heavy atom. The molecule has 2 fully saturated rings. The van der Waals surface area contributed by atoms with Crippen molar-refractivity contribution in [2.75, 3.05) is 19.3 Å². The highest BCUT2D eigenvalue weighted by Gasteiger charge is 2.36. The molecule has 0 bridgehead atoms. The van der Waals surface area contributed by atoms with E-state index in [2.05, 4.69) is 10.2 Å². The zero-order chi connectivity index (χ0) is 15.7. The summed E-state index contributed by atoms with van der Waals surface area (Å²) in [5, 5.41) is 3.12. The molecular weight excluding hydrogens is 300 g/mol. The summed E-state index contributed by atoms with van der Waals surface area (Å²) in [5.41, 5.74) is 0.515. The average Bonchev–Trinajstić information content (AvgIpc) is 2.90. The van der Waals surface area contributed by atoms with Crippen LogP contribution in [0.25, 0.3) is 0 Å². The van der Waals surface area contributed by atoms with Crippen LogP contribution in [0.1, 0.15) is 36.0 Å². The van der Waals surface area contributed by atoms with Gasteiger partial charge in [-0.2, -0.15) is 0 Å². The van der Waals surface area contributed by atoms with Crippen LogP contribution >= 0.6 is 0 Å². The Kier molecular flexibility index (Phi) is 4.23. The van der Waals surface area contributed by atoms with Crippen LogP contribution in [0.15, 0.2) is 29.2 Å². The number of carbonyl (C=O) groups is 1. The lowest BCUT2D eigenvalue weighted by Gasteiger charge is -2.32. The predicted octanol–water partition coefficient (Wildman–Crippen LogP) is 1.45. The van der Waals surface area contributed by atoms with Crippen molar-refractivity contribution in [3.63, 3.8) is 0 Å². The van der Waals surface area contributed by atoms with E-state index >= 15 is 0 Å². The second-order valence-electron chi connectivity index (χ2n) is 6.26. The van der Waals surface area contributed by atoms with E-state index in [1.807, 2.05) is 0 Å². The molecule has 3 rings (SSSR count). The number of hydrogen-bond acceptors (Lipinski definition) is 4. The van der Waals surface area contributed by atoms with E-state index in [-0.39, 0.29) is 16.8 Å². The van der Waals surface area contributed by atoms with E-state index in [9.17, 15) is 13.2 Å².